The van der Waals surface area contributed by atoms with E-state index in [-0.39, 0.29) is 23.4 Å². The highest BCUT2D eigenvalue weighted by Gasteiger charge is 2.16. The molecule has 3 aromatic rings. The second-order valence-electron chi connectivity index (χ2n) is 6.10. The van der Waals surface area contributed by atoms with Gasteiger partial charge in [-0.3, -0.25) is 9.59 Å². The minimum absolute atomic E-state index is 0.0635. The van der Waals surface area contributed by atoms with Crippen molar-refractivity contribution in [3.63, 3.8) is 0 Å². The Bertz CT molecular complexity index is 1080. The van der Waals surface area contributed by atoms with Crippen LogP contribution in [0.1, 0.15) is 6.92 Å². The Morgan fingerprint density at radius 1 is 1.10 bits per heavy atom. The van der Waals surface area contributed by atoms with Crippen LogP contribution in [-0.4, -0.2) is 31.6 Å². The van der Waals surface area contributed by atoms with Gasteiger partial charge in [-0.05, 0) is 31.2 Å². The molecule has 0 unspecified atom stereocenters. The molecule has 1 aromatic heterocycles. The number of benzene rings is 2. The number of esters is 1. The first-order valence-electron chi connectivity index (χ1n) is 8.76. The van der Waals surface area contributed by atoms with Crippen LogP contribution in [0.15, 0.2) is 64.0 Å². The van der Waals surface area contributed by atoms with Gasteiger partial charge in [0.2, 0.25) is 11.2 Å². The summed E-state index contributed by atoms with van der Waals surface area (Å²) in [5.74, 6) is -0.131. The first kappa shape index (κ1) is 19.9. The van der Waals surface area contributed by atoms with Crippen molar-refractivity contribution in [2.24, 2.45) is 0 Å². The second kappa shape index (κ2) is 8.92. The van der Waals surface area contributed by atoms with E-state index in [2.05, 4.69) is 10.1 Å². The van der Waals surface area contributed by atoms with Gasteiger partial charge in [0, 0.05) is 6.07 Å². The quantitative estimate of drug-likeness (QED) is 0.611. The Morgan fingerprint density at radius 2 is 1.86 bits per heavy atom. The number of hydrogen-bond acceptors (Lipinski definition) is 7. The number of carbonyl (C=O) groups is 2. The number of methoxy groups -OCH3 is 1. The van der Waals surface area contributed by atoms with E-state index >= 15 is 0 Å². The number of para-hydroxylation sites is 1. The highest BCUT2D eigenvalue weighted by Crippen LogP contribution is 2.23. The van der Waals surface area contributed by atoms with Crippen LogP contribution in [0.2, 0.25) is 0 Å². The van der Waals surface area contributed by atoms with Crippen molar-refractivity contribution in [1.82, 2.24) is 5.32 Å². The molecule has 0 aliphatic heterocycles. The zero-order chi connectivity index (χ0) is 20.8. The first-order valence-corrected chi connectivity index (χ1v) is 8.76. The number of amides is 1. The fraction of sp³-hybridized carbons (Fsp3) is 0.190. The number of rotatable bonds is 7. The molecule has 8 nitrogen and oxygen atoms in total. The largest absolute Gasteiger partial charge is 0.484 e. The normalized spacial score (nSPS) is 11.5. The topological polar surface area (TPSA) is 104 Å². The lowest BCUT2D eigenvalue weighted by atomic mass is 10.2. The average Bonchev–Trinajstić information content (AvgIpc) is 2.74. The third-order valence-corrected chi connectivity index (χ3v) is 3.99. The third-order valence-electron chi connectivity index (χ3n) is 3.99. The van der Waals surface area contributed by atoms with E-state index in [0.29, 0.717) is 16.9 Å². The van der Waals surface area contributed by atoms with Crippen molar-refractivity contribution >= 4 is 22.8 Å². The lowest BCUT2D eigenvalue weighted by molar-refractivity contribution is -0.144. The summed E-state index contributed by atoms with van der Waals surface area (Å²) >= 11 is 0. The number of carbonyl (C=O) groups excluding carboxylic acids is 2. The molecule has 1 N–H and O–H groups in total. The smallest absolute Gasteiger partial charge is 0.328 e. The fourth-order valence-corrected chi connectivity index (χ4v) is 2.53. The van der Waals surface area contributed by atoms with Gasteiger partial charge in [0.25, 0.3) is 5.91 Å². The summed E-state index contributed by atoms with van der Waals surface area (Å²) in [6.07, 6.45) is 1.23. The molecular weight excluding hydrogens is 378 g/mol. The Morgan fingerprint density at radius 3 is 2.59 bits per heavy atom. The molecule has 0 bridgehead atoms. The molecule has 0 fully saturated rings. The van der Waals surface area contributed by atoms with E-state index in [1.54, 1.807) is 30.3 Å². The van der Waals surface area contributed by atoms with Crippen LogP contribution in [0.4, 0.5) is 0 Å². The Balaban J connectivity index is 1.69. The maximum Gasteiger partial charge on any atom is 0.328 e. The van der Waals surface area contributed by atoms with Crippen molar-refractivity contribution in [1.29, 1.82) is 0 Å². The highest BCUT2D eigenvalue weighted by molar-refractivity contribution is 5.85. The van der Waals surface area contributed by atoms with Crippen molar-refractivity contribution < 1.29 is 28.2 Å². The van der Waals surface area contributed by atoms with Crippen molar-refractivity contribution in [2.75, 3.05) is 13.7 Å². The first-order chi connectivity index (χ1) is 14.0. The Kier molecular flexibility index (Phi) is 6.13. The van der Waals surface area contributed by atoms with Crippen LogP contribution in [0.25, 0.3) is 11.0 Å². The number of ether oxygens (including phenoxy) is 3. The SMILES string of the molecule is COC(=O)[C@H](C)NC(=O)COc1ccc2c(=O)c(Oc3ccccc3)coc2c1. The number of fused-ring (bicyclic) bond motifs is 1. The average molecular weight is 397 g/mol. The van der Waals surface area contributed by atoms with E-state index in [9.17, 15) is 14.4 Å². The van der Waals surface area contributed by atoms with Crippen molar-refractivity contribution in [2.45, 2.75) is 13.0 Å². The lowest BCUT2D eigenvalue weighted by Crippen LogP contribution is -2.41. The second-order valence-corrected chi connectivity index (χ2v) is 6.10. The minimum atomic E-state index is -0.784. The van der Waals surface area contributed by atoms with Gasteiger partial charge in [-0.25, -0.2) is 4.79 Å². The maximum atomic E-state index is 12.6. The fourth-order valence-electron chi connectivity index (χ4n) is 2.53. The van der Waals surface area contributed by atoms with E-state index in [1.807, 2.05) is 6.07 Å². The zero-order valence-electron chi connectivity index (χ0n) is 15.8. The predicted molar refractivity (Wildman–Crippen MR) is 104 cm³/mol. The lowest BCUT2D eigenvalue weighted by Gasteiger charge is -2.12. The van der Waals surface area contributed by atoms with Gasteiger partial charge in [0.15, 0.2) is 6.61 Å². The van der Waals surface area contributed by atoms with Crippen LogP contribution in [0, 0.1) is 0 Å². The van der Waals surface area contributed by atoms with Gasteiger partial charge >= 0.3 is 5.97 Å². The number of hydrogen-bond donors (Lipinski definition) is 1. The molecule has 0 aliphatic carbocycles. The summed E-state index contributed by atoms with van der Waals surface area (Å²) in [5.41, 5.74) is -0.0393. The molecule has 1 amide bonds. The van der Waals surface area contributed by atoms with Gasteiger partial charge in [-0.15, -0.1) is 0 Å². The van der Waals surface area contributed by atoms with Crippen LogP contribution in [0.3, 0.4) is 0 Å². The Hall–Kier alpha value is -3.81. The summed E-state index contributed by atoms with van der Waals surface area (Å²) in [6.45, 7) is 1.19. The molecule has 0 radical (unpaired) electrons. The molecule has 29 heavy (non-hydrogen) atoms. The molecule has 150 valence electrons. The molecule has 1 heterocycles. The Labute approximate surface area is 166 Å². The summed E-state index contributed by atoms with van der Waals surface area (Å²) < 4.78 is 21.0. The van der Waals surface area contributed by atoms with Crippen LogP contribution in [0.5, 0.6) is 17.2 Å². The number of nitrogens with one attached hydrogen (secondary N) is 1. The van der Waals surface area contributed by atoms with Gasteiger partial charge in [-0.2, -0.15) is 0 Å². The maximum absolute atomic E-state index is 12.6. The van der Waals surface area contributed by atoms with Gasteiger partial charge in [-0.1, -0.05) is 18.2 Å². The van der Waals surface area contributed by atoms with E-state index in [1.165, 1.54) is 32.4 Å². The van der Waals surface area contributed by atoms with Crippen LogP contribution in [-0.2, 0) is 14.3 Å². The predicted octanol–water partition coefficient (Wildman–Crippen LogP) is 2.64. The van der Waals surface area contributed by atoms with Crippen LogP contribution >= 0.6 is 0 Å². The summed E-state index contributed by atoms with van der Waals surface area (Å²) in [7, 11) is 1.24. The molecule has 0 spiro atoms. The molecule has 2 aromatic carbocycles. The van der Waals surface area contributed by atoms with Gasteiger partial charge < -0.3 is 23.9 Å². The standard InChI is InChI=1S/C21H19NO7/c1-13(21(25)26-2)22-19(23)12-27-15-8-9-16-17(10-15)28-11-18(20(16)24)29-14-6-4-3-5-7-14/h3-11,13H,12H2,1-2H3,(H,22,23)/t13-/m0/s1. The minimum Gasteiger partial charge on any atom is -0.484 e. The van der Waals surface area contributed by atoms with E-state index in [4.69, 9.17) is 13.9 Å². The third kappa shape index (κ3) is 4.92. The monoisotopic (exact) mass is 397 g/mol. The molecule has 0 aliphatic rings. The molecular formula is C21H19NO7. The molecule has 1 atom stereocenters. The molecule has 3 rings (SSSR count). The molecule has 8 heteroatoms. The van der Waals surface area contributed by atoms with E-state index in [0.717, 1.165) is 0 Å². The van der Waals surface area contributed by atoms with Gasteiger partial charge in [0.05, 0.1) is 12.5 Å². The van der Waals surface area contributed by atoms with Crippen LogP contribution < -0.4 is 20.2 Å². The molecule has 0 saturated carbocycles. The summed E-state index contributed by atoms with van der Waals surface area (Å²) in [5, 5.41) is 2.76. The van der Waals surface area contributed by atoms with Gasteiger partial charge in [0.1, 0.15) is 29.4 Å². The highest BCUT2D eigenvalue weighted by atomic mass is 16.5. The molecule has 0 saturated heterocycles. The summed E-state index contributed by atoms with van der Waals surface area (Å²) in [4.78, 5) is 35.8. The van der Waals surface area contributed by atoms with E-state index < -0.39 is 17.9 Å². The van der Waals surface area contributed by atoms with Crippen molar-refractivity contribution in [3.05, 3.63) is 65.0 Å². The van der Waals surface area contributed by atoms with Crippen molar-refractivity contribution in [3.8, 4) is 17.2 Å². The zero-order valence-corrected chi connectivity index (χ0v) is 15.8. The summed E-state index contributed by atoms with van der Waals surface area (Å²) in [6, 6.07) is 12.7.